The molecule has 0 radical (unpaired) electrons. The van der Waals surface area contributed by atoms with Gasteiger partial charge >= 0.3 is 0 Å². The van der Waals surface area contributed by atoms with Gasteiger partial charge in [0, 0.05) is 31.2 Å². The van der Waals surface area contributed by atoms with Crippen molar-refractivity contribution >= 4 is 17.0 Å². The number of fused-ring (bicyclic) bond motifs is 3. The van der Waals surface area contributed by atoms with Gasteiger partial charge in [0.2, 0.25) is 12.2 Å². The van der Waals surface area contributed by atoms with Gasteiger partial charge in [0.1, 0.15) is 5.82 Å². The Morgan fingerprint density at radius 1 is 1.03 bits per heavy atom. The van der Waals surface area contributed by atoms with Crippen LogP contribution in [0.1, 0.15) is 62.4 Å². The second-order valence-electron chi connectivity index (χ2n) is 11.2. The maximum atomic E-state index is 8.92. The van der Waals surface area contributed by atoms with Crippen LogP contribution in [0.5, 0.6) is 0 Å². The number of hydrogen-bond acceptors (Lipinski definition) is 4. The van der Waals surface area contributed by atoms with E-state index in [1.54, 1.807) is 0 Å². The molecule has 37 heavy (non-hydrogen) atoms. The number of rotatable bonds is 5. The number of benzene rings is 2. The van der Waals surface area contributed by atoms with E-state index >= 15 is 0 Å². The number of para-hydroxylation sites is 2. The Bertz CT molecular complexity index is 1300. The number of hydrogen-bond donors (Lipinski definition) is 1. The largest absolute Gasteiger partial charge is 0.369 e. The molecular weight excluding hydrogens is 458 g/mol. The molecule has 0 spiro atoms. The van der Waals surface area contributed by atoms with E-state index < -0.39 is 0 Å². The molecule has 7 nitrogen and oxygen atoms in total. The lowest BCUT2D eigenvalue weighted by atomic mass is 9.70. The lowest BCUT2D eigenvalue weighted by molar-refractivity contribution is 0.0888. The first kappa shape index (κ1) is 24.0. The fraction of sp³-hybridized carbons (Fsp3) is 0.500. The van der Waals surface area contributed by atoms with E-state index in [0.717, 1.165) is 50.2 Å². The standard InChI is InChI=1S/C30H37N7/c1-22-34-27-9-5-6-10-28(27)37(22)26-19-24-11-12-25(20-26)36(24)18-15-30(23-7-3-2-4-8-23)13-16-35(17-14-30)29(32)33-21-31/h2-10,24-26H,11-20H2,1H3,(H2,32,33)/t24-,25+,26?. The van der Waals surface area contributed by atoms with Gasteiger partial charge in [-0.2, -0.15) is 5.26 Å². The summed E-state index contributed by atoms with van der Waals surface area (Å²) >= 11 is 0. The molecule has 0 saturated carbocycles. The number of imidazole rings is 1. The van der Waals surface area contributed by atoms with E-state index in [4.69, 9.17) is 16.0 Å². The fourth-order valence-corrected chi connectivity index (χ4v) is 7.55. The van der Waals surface area contributed by atoms with Gasteiger partial charge in [0.15, 0.2) is 0 Å². The third-order valence-electron chi connectivity index (χ3n) is 9.44. The first-order valence-corrected chi connectivity index (χ1v) is 13.8. The van der Waals surface area contributed by atoms with Crippen LogP contribution in [0.4, 0.5) is 0 Å². The number of nitrogens with two attached hydrogens (primary N) is 1. The number of piperidine rings is 2. The van der Waals surface area contributed by atoms with Crippen LogP contribution in [0.15, 0.2) is 59.6 Å². The maximum Gasteiger partial charge on any atom is 0.209 e. The molecule has 3 aromatic rings. The molecule has 1 aromatic heterocycles. The molecular formula is C30H37N7. The Morgan fingerprint density at radius 2 is 1.70 bits per heavy atom. The van der Waals surface area contributed by atoms with Gasteiger partial charge in [-0.15, -0.1) is 4.99 Å². The minimum atomic E-state index is 0.137. The highest BCUT2D eigenvalue weighted by Gasteiger charge is 2.44. The van der Waals surface area contributed by atoms with Crippen LogP contribution in [0.25, 0.3) is 11.0 Å². The number of aryl methyl sites for hydroxylation is 1. The molecule has 6 rings (SSSR count). The SMILES string of the molecule is Cc1nc2ccccc2n1C1C[C@H]2CC[C@@H](C1)N2CCC1(c2ccccc2)CCN(C(N)=NC#N)CC1. The van der Waals surface area contributed by atoms with Crippen LogP contribution in [-0.2, 0) is 5.41 Å². The molecule has 3 atom stereocenters. The Morgan fingerprint density at radius 3 is 2.41 bits per heavy atom. The van der Waals surface area contributed by atoms with Crippen LogP contribution in [0, 0.1) is 18.4 Å². The van der Waals surface area contributed by atoms with Gasteiger partial charge in [0.05, 0.1) is 11.0 Å². The molecule has 2 N–H and O–H groups in total. The molecule has 3 aliphatic rings. The topological polar surface area (TPSA) is 86.5 Å². The van der Waals surface area contributed by atoms with Gasteiger partial charge < -0.3 is 15.2 Å². The van der Waals surface area contributed by atoms with Crippen LogP contribution in [-0.4, -0.2) is 57.0 Å². The lowest BCUT2D eigenvalue weighted by Crippen LogP contribution is -2.50. The van der Waals surface area contributed by atoms with Gasteiger partial charge in [0.25, 0.3) is 0 Å². The predicted molar refractivity (Wildman–Crippen MR) is 147 cm³/mol. The summed E-state index contributed by atoms with van der Waals surface area (Å²) in [7, 11) is 0. The van der Waals surface area contributed by atoms with Crippen molar-refractivity contribution in [2.24, 2.45) is 10.7 Å². The van der Waals surface area contributed by atoms with Crippen LogP contribution >= 0.6 is 0 Å². The highest BCUT2D eigenvalue weighted by atomic mass is 15.3. The van der Waals surface area contributed by atoms with Crippen molar-refractivity contribution in [3.05, 3.63) is 66.0 Å². The third-order valence-corrected chi connectivity index (χ3v) is 9.44. The molecule has 1 unspecified atom stereocenters. The Hall–Kier alpha value is -3.37. The van der Waals surface area contributed by atoms with E-state index in [1.165, 1.54) is 36.8 Å². The van der Waals surface area contributed by atoms with Crippen molar-refractivity contribution in [3.63, 3.8) is 0 Å². The Labute approximate surface area is 219 Å². The van der Waals surface area contributed by atoms with Crippen LogP contribution in [0.3, 0.4) is 0 Å². The molecule has 2 bridgehead atoms. The maximum absolute atomic E-state index is 8.92. The van der Waals surface area contributed by atoms with E-state index in [-0.39, 0.29) is 5.41 Å². The number of nitriles is 1. The lowest BCUT2D eigenvalue weighted by Gasteiger charge is -2.45. The molecule has 7 heteroatoms. The minimum absolute atomic E-state index is 0.137. The van der Waals surface area contributed by atoms with Crippen molar-refractivity contribution in [2.75, 3.05) is 19.6 Å². The quantitative estimate of drug-likeness (QED) is 0.314. The van der Waals surface area contributed by atoms with Crippen LogP contribution in [0.2, 0.25) is 0 Å². The van der Waals surface area contributed by atoms with E-state index in [9.17, 15) is 0 Å². The summed E-state index contributed by atoms with van der Waals surface area (Å²) < 4.78 is 2.52. The summed E-state index contributed by atoms with van der Waals surface area (Å²) in [5, 5.41) is 8.92. The minimum Gasteiger partial charge on any atom is -0.369 e. The van der Waals surface area contributed by atoms with Gasteiger partial charge in [-0.25, -0.2) is 4.98 Å². The molecule has 2 aromatic carbocycles. The summed E-state index contributed by atoms with van der Waals surface area (Å²) in [5.41, 5.74) is 10.0. The Balaban J connectivity index is 1.18. The summed E-state index contributed by atoms with van der Waals surface area (Å²) in [5.74, 6) is 1.50. The van der Waals surface area contributed by atoms with Gasteiger partial charge in [-0.3, -0.25) is 4.90 Å². The van der Waals surface area contributed by atoms with Gasteiger partial charge in [-0.05, 0) is 81.5 Å². The summed E-state index contributed by atoms with van der Waals surface area (Å²) in [6.07, 6.45) is 10.1. The smallest absolute Gasteiger partial charge is 0.209 e. The molecule has 4 heterocycles. The van der Waals surface area contributed by atoms with Gasteiger partial charge in [-0.1, -0.05) is 42.5 Å². The number of nitrogens with zero attached hydrogens (tertiary/aromatic N) is 6. The predicted octanol–water partition coefficient (Wildman–Crippen LogP) is 4.73. The number of guanidine groups is 1. The summed E-state index contributed by atoms with van der Waals surface area (Å²) in [6, 6.07) is 21.5. The molecule has 3 fully saturated rings. The summed E-state index contributed by atoms with van der Waals surface area (Å²) in [4.78, 5) is 13.5. The first-order valence-electron chi connectivity index (χ1n) is 13.8. The zero-order valence-corrected chi connectivity index (χ0v) is 21.8. The number of aliphatic imine (C=N–C) groups is 1. The second kappa shape index (κ2) is 9.83. The molecule has 0 aliphatic carbocycles. The van der Waals surface area contributed by atoms with Crippen molar-refractivity contribution in [1.29, 1.82) is 5.26 Å². The first-order chi connectivity index (χ1) is 18.1. The average Bonchev–Trinajstić information content (AvgIpc) is 3.39. The average molecular weight is 496 g/mol. The zero-order valence-electron chi connectivity index (χ0n) is 21.8. The second-order valence-corrected chi connectivity index (χ2v) is 11.2. The molecule has 3 saturated heterocycles. The van der Waals surface area contributed by atoms with Crippen molar-refractivity contribution in [3.8, 4) is 6.19 Å². The summed E-state index contributed by atoms with van der Waals surface area (Å²) in [6.45, 7) is 4.99. The van der Waals surface area contributed by atoms with Crippen molar-refractivity contribution < 1.29 is 0 Å². The monoisotopic (exact) mass is 495 g/mol. The highest BCUT2D eigenvalue weighted by molar-refractivity contribution is 5.79. The zero-order chi connectivity index (χ0) is 25.4. The fourth-order valence-electron chi connectivity index (χ4n) is 7.55. The number of aromatic nitrogens is 2. The number of likely N-dealkylation sites (tertiary alicyclic amines) is 1. The van der Waals surface area contributed by atoms with E-state index in [1.807, 2.05) is 6.19 Å². The normalized spacial score (nSPS) is 25.9. The van der Waals surface area contributed by atoms with Crippen molar-refractivity contribution in [1.82, 2.24) is 19.4 Å². The Kier molecular flexibility index (Phi) is 6.37. The van der Waals surface area contributed by atoms with E-state index in [0.29, 0.717) is 24.1 Å². The molecule has 3 aliphatic heterocycles. The third kappa shape index (κ3) is 4.38. The van der Waals surface area contributed by atoms with Crippen LogP contribution < -0.4 is 5.73 Å². The molecule has 192 valence electrons. The molecule has 0 amide bonds. The van der Waals surface area contributed by atoms with E-state index in [2.05, 4.69) is 80.9 Å². The van der Waals surface area contributed by atoms with Crippen molar-refractivity contribution in [2.45, 2.75) is 75.4 Å². The highest BCUT2D eigenvalue weighted by Crippen LogP contribution is 2.45.